The van der Waals surface area contributed by atoms with Gasteiger partial charge < -0.3 is 20.1 Å². The molecule has 1 spiro atoms. The molecule has 114 valence electrons. The number of carbonyl (C=O) groups excluding carboxylic acids is 1. The first-order chi connectivity index (χ1) is 9.74. The van der Waals surface area contributed by atoms with Crippen molar-refractivity contribution in [1.82, 2.24) is 15.5 Å². The normalized spacial score (nSPS) is 31.6. The highest BCUT2D eigenvalue weighted by Gasteiger charge is 2.43. The van der Waals surface area contributed by atoms with E-state index in [0.717, 1.165) is 58.5 Å². The summed E-state index contributed by atoms with van der Waals surface area (Å²) in [6.45, 7) is 4.09. The molecule has 0 radical (unpaired) electrons. The summed E-state index contributed by atoms with van der Waals surface area (Å²) in [7, 11) is 1.71. The first kappa shape index (κ1) is 14.3. The zero-order chi connectivity index (χ0) is 14.0. The lowest BCUT2D eigenvalue weighted by atomic mass is 9.88. The predicted octanol–water partition coefficient (Wildman–Crippen LogP) is -0.308. The second-order valence-electron chi connectivity index (χ2n) is 5.91. The SMILES string of the molecule is CNC(=O)C1CNCCN1C1CCC2(CC1)OCCO2. The Morgan fingerprint density at radius 3 is 2.65 bits per heavy atom. The van der Waals surface area contributed by atoms with Crippen molar-refractivity contribution in [2.75, 3.05) is 39.9 Å². The Morgan fingerprint density at radius 2 is 2.00 bits per heavy atom. The Hall–Kier alpha value is -0.690. The van der Waals surface area contributed by atoms with Gasteiger partial charge in [0.25, 0.3) is 0 Å². The number of nitrogens with zero attached hydrogens (tertiary/aromatic N) is 1. The predicted molar refractivity (Wildman–Crippen MR) is 74.3 cm³/mol. The molecule has 0 aromatic heterocycles. The van der Waals surface area contributed by atoms with Crippen LogP contribution in [0.25, 0.3) is 0 Å². The van der Waals surface area contributed by atoms with Gasteiger partial charge in [0.2, 0.25) is 5.91 Å². The smallest absolute Gasteiger partial charge is 0.238 e. The topological polar surface area (TPSA) is 62.8 Å². The zero-order valence-electron chi connectivity index (χ0n) is 12.2. The van der Waals surface area contributed by atoms with Crippen LogP contribution in [-0.4, -0.2) is 68.6 Å². The molecule has 1 saturated carbocycles. The maximum absolute atomic E-state index is 12.0. The average Bonchev–Trinajstić information content (AvgIpc) is 2.95. The Balaban J connectivity index is 1.62. The number of amides is 1. The number of hydrogen-bond donors (Lipinski definition) is 2. The van der Waals surface area contributed by atoms with Gasteiger partial charge in [-0.15, -0.1) is 0 Å². The molecule has 6 heteroatoms. The van der Waals surface area contributed by atoms with Crippen LogP contribution in [0.5, 0.6) is 0 Å². The molecule has 20 heavy (non-hydrogen) atoms. The maximum Gasteiger partial charge on any atom is 0.238 e. The third-order valence-corrected chi connectivity index (χ3v) is 4.83. The van der Waals surface area contributed by atoms with Crippen molar-refractivity contribution in [3.63, 3.8) is 0 Å². The summed E-state index contributed by atoms with van der Waals surface area (Å²) in [6.07, 6.45) is 3.99. The number of hydrogen-bond acceptors (Lipinski definition) is 5. The monoisotopic (exact) mass is 283 g/mol. The number of piperazine rings is 1. The van der Waals surface area contributed by atoms with Crippen LogP contribution in [0.15, 0.2) is 0 Å². The molecule has 6 nitrogen and oxygen atoms in total. The fraction of sp³-hybridized carbons (Fsp3) is 0.929. The van der Waals surface area contributed by atoms with E-state index < -0.39 is 0 Å². The summed E-state index contributed by atoms with van der Waals surface area (Å²) < 4.78 is 11.6. The van der Waals surface area contributed by atoms with E-state index in [0.29, 0.717) is 6.04 Å². The highest BCUT2D eigenvalue weighted by Crippen LogP contribution is 2.37. The number of likely N-dealkylation sites (N-methyl/N-ethyl adjacent to an activating group) is 1. The lowest BCUT2D eigenvalue weighted by Gasteiger charge is -2.45. The summed E-state index contributed by atoms with van der Waals surface area (Å²) in [5.41, 5.74) is 0. The molecular formula is C14H25N3O3. The van der Waals surface area contributed by atoms with Crippen molar-refractivity contribution < 1.29 is 14.3 Å². The number of rotatable bonds is 2. The minimum Gasteiger partial charge on any atom is -0.358 e. The van der Waals surface area contributed by atoms with E-state index in [9.17, 15) is 4.79 Å². The molecule has 2 saturated heterocycles. The Morgan fingerprint density at radius 1 is 1.30 bits per heavy atom. The summed E-state index contributed by atoms with van der Waals surface area (Å²) >= 11 is 0. The second kappa shape index (κ2) is 5.97. The molecule has 2 aliphatic heterocycles. The third-order valence-electron chi connectivity index (χ3n) is 4.83. The van der Waals surface area contributed by atoms with Crippen LogP contribution in [0.3, 0.4) is 0 Å². The van der Waals surface area contributed by atoms with Crippen LogP contribution in [0.1, 0.15) is 25.7 Å². The van der Waals surface area contributed by atoms with Crippen LogP contribution in [0, 0.1) is 0 Å². The van der Waals surface area contributed by atoms with Crippen LogP contribution in [0.2, 0.25) is 0 Å². The second-order valence-corrected chi connectivity index (χ2v) is 5.91. The lowest BCUT2D eigenvalue weighted by molar-refractivity contribution is -0.185. The molecule has 0 aromatic carbocycles. The van der Waals surface area contributed by atoms with Crippen LogP contribution < -0.4 is 10.6 Å². The van der Waals surface area contributed by atoms with E-state index >= 15 is 0 Å². The fourth-order valence-corrected chi connectivity index (χ4v) is 3.73. The molecule has 2 heterocycles. The van der Waals surface area contributed by atoms with Gasteiger partial charge in [0.1, 0.15) is 6.04 Å². The first-order valence-corrected chi connectivity index (χ1v) is 7.70. The number of ether oxygens (including phenoxy) is 2. The van der Waals surface area contributed by atoms with Crippen molar-refractivity contribution in [1.29, 1.82) is 0 Å². The van der Waals surface area contributed by atoms with Gasteiger partial charge in [0.15, 0.2) is 5.79 Å². The number of nitrogens with one attached hydrogen (secondary N) is 2. The van der Waals surface area contributed by atoms with E-state index in [-0.39, 0.29) is 17.7 Å². The molecule has 2 N–H and O–H groups in total. The highest BCUT2D eigenvalue weighted by atomic mass is 16.7. The van der Waals surface area contributed by atoms with Crippen LogP contribution >= 0.6 is 0 Å². The van der Waals surface area contributed by atoms with E-state index in [4.69, 9.17) is 9.47 Å². The van der Waals surface area contributed by atoms with Gasteiger partial charge in [-0.3, -0.25) is 9.69 Å². The van der Waals surface area contributed by atoms with Crippen molar-refractivity contribution in [3.8, 4) is 0 Å². The van der Waals surface area contributed by atoms with Crippen LogP contribution in [-0.2, 0) is 14.3 Å². The molecule has 0 aromatic rings. The van der Waals surface area contributed by atoms with Gasteiger partial charge in [-0.2, -0.15) is 0 Å². The van der Waals surface area contributed by atoms with E-state index in [1.54, 1.807) is 7.05 Å². The van der Waals surface area contributed by atoms with Gasteiger partial charge in [-0.05, 0) is 12.8 Å². The standard InChI is InChI=1S/C14H25N3O3/c1-15-13(18)12-10-16-6-7-17(12)11-2-4-14(5-3-11)19-8-9-20-14/h11-12,16H,2-10H2,1H3,(H,15,18). The summed E-state index contributed by atoms with van der Waals surface area (Å²) in [4.78, 5) is 14.4. The molecule has 3 aliphatic rings. The van der Waals surface area contributed by atoms with Crippen molar-refractivity contribution in [2.24, 2.45) is 0 Å². The Bertz CT molecular complexity index is 348. The molecule has 3 rings (SSSR count). The fourth-order valence-electron chi connectivity index (χ4n) is 3.73. The van der Waals surface area contributed by atoms with E-state index in [1.165, 1.54) is 0 Å². The summed E-state index contributed by atoms with van der Waals surface area (Å²) in [6, 6.07) is 0.427. The minimum absolute atomic E-state index is 0.0433. The third kappa shape index (κ3) is 2.70. The van der Waals surface area contributed by atoms with Gasteiger partial charge in [-0.1, -0.05) is 0 Å². The highest BCUT2D eigenvalue weighted by molar-refractivity contribution is 5.81. The molecule has 0 bridgehead atoms. The largest absolute Gasteiger partial charge is 0.358 e. The molecule has 1 amide bonds. The quantitative estimate of drug-likeness (QED) is 0.728. The molecule has 1 unspecified atom stereocenters. The lowest BCUT2D eigenvalue weighted by Crippen LogP contribution is -2.61. The number of carbonyl (C=O) groups is 1. The zero-order valence-corrected chi connectivity index (χ0v) is 12.2. The molecule has 1 atom stereocenters. The van der Waals surface area contributed by atoms with Gasteiger partial charge in [0.05, 0.1) is 13.2 Å². The first-order valence-electron chi connectivity index (χ1n) is 7.70. The van der Waals surface area contributed by atoms with Crippen LogP contribution in [0.4, 0.5) is 0 Å². The minimum atomic E-state index is -0.312. The van der Waals surface area contributed by atoms with Gasteiger partial charge in [0, 0.05) is 45.6 Å². The van der Waals surface area contributed by atoms with Crippen molar-refractivity contribution in [3.05, 3.63) is 0 Å². The maximum atomic E-state index is 12.0. The molecule has 3 fully saturated rings. The Kier molecular flexibility index (Phi) is 4.26. The van der Waals surface area contributed by atoms with Gasteiger partial charge in [-0.25, -0.2) is 0 Å². The Labute approximate surface area is 120 Å². The van der Waals surface area contributed by atoms with E-state index in [2.05, 4.69) is 15.5 Å². The molecular weight excluding hydrogens is 258 g/mol. The average molecular weight is 283 g/mol. The summed E-state index contributed by atoms with van der Waals surface area (Å²) in [5.74, 6) is -0.196. The van der Waals surface area contributed by atoms with Gasteiger partial charge >= 0.3 is 0 Å². The van der Waals surface area contributed by atoms with Crippen molar-refractivity contribution >= 4 is 5.91 Å². The summed E-state index contributed by atoms with van der Waals surface area (Å²) in [5, 5.41) is 6.10. The van der Waals surface area contributed by atoms with Crippen molar-refractivity contribution in [2.45, 2.75) is 43.6 Å². The van der Waals surface area contributed by atoms with E-state index in [1.807, 2.05) is 0 Å². The molecule has 1 aliphatic carbocycles.